The Morgan fingerprint density at radius 1 is 1.46 bits per heavy atom. The van der Waals surface area contributed by atoms with Gasteiger partial charge in [-0.15, -0.1) is 11.3 Å². The second-order valence-electron chi connectivity index (χ2n) is 6.79. The highest BCUT2D eigenvalue weighted by Crippen LogP contribution is 2.39. The number of anilines is 1. The highest BCUT2D eigenvalue weighted by atomic mass is 32.1. The van der Waals surface area contributed by atoms with E-state index in [1.54, 1.807) is 40.0 Å². The summed E-state index contributed by atoms with van der Waals surface area (Å²) < 4.78 is 55.1. The fourth-order valence-corrected chi connectivity index (χ4v) is 3.61. The number of pyridine rings is 1. The molecule has 6 heteroatoms. The Labute approximate surface area is 166 Å². The van der Waals surface area contributed by atoms with Crippen LogP contribution in [0.5, 0.6) is 0 Å². The van der Waals surface area contributed by atoms with Gasteiger partial charge < -0.3 is 15.4 Å². The first-order valence-electron chi connectivity index (χ1n) is 11.1. The molecule has 1 aromatic carbocycles. The Morgan fingerprint density at radius 3 is 3.00 bits per heavy atom. The van der Waals surface area contributed by atoms with Gasteiger partial charge in [-0.1, -0.05) is 6.07 Å². The lowest BCUT2D eigenvalue weighted by Gasteiger charge is -2.22. The van der Waals surface area contributed by atoms with Crippen molar-refractivity contribution in [3.8, 4) is 0 Å². The van der Waals surface area contributed by atoms with E-state index >= 15 is 0 Å². The van der Waals surface area contributed by atoms with E-state index in [1.165, 1.54) is 11.3 Å². The first-order chi connectivity index (χ1) is 14.6. The van der Waals surface area contributed by atoms with Crippen molar-refractivity contribution >= 4 is 44.1 Å². The summed E-state index contributed by atoms with van der Waals surface area (Å²) in [5.41, 5.74) is 0.0908. The van der Waals surface area contributed by atoms with Crippen LogP contribution in [-0.2, 0) is 4.74 Å². The average Bonchev–Trinajstić information content (AvgIpc) is 2.94. The number of aromatic nitrogens is 1. The number of carbonyl (C=O) groups is 1. The summed E-state index contributed by atoms with van der Waals surface area (Å²) in [6.45, 7) is 0.400. The van der Waals surface area contributed by atoms with Crippen molar-refractivity contribution in [1.82, 2.24) is 10.3 Å². The van der Waals surface area contributed by atoms with Crippen LogP contribution in [0.2, 0.25) is 0 Å². The summed E-state index contributed by atoms with van der Waals surface area (Å²) in [7, 11) is 0. The molecule has 0 aliphatic carbocycles. The highest BCUT2D eigenvalue weighted by Gasteiger charge is 2.18. The quantitative estimate of drug-likeness (QED) is 0.665. The lowest BCUT2D eigenvalue weighted by molar-refractivity contribution is 0.0511. The zero-order valence-corrected chi connectivity index (χ0v) is 15.9. The van der Waals surface area contributed by atoms with Crippen LogP contribution in [0.3, 0.4) is 0 Å². The normalized spacial score (nSPS) is 18.6. The van der Waals surface area contributed by atoms with Gasteiger partial charge in [-0.2, -0.15) is 0 Å². The molecule has 0 spiro atoms. The molecule has 0 saturated heterocycles. The topological polar surface area (TPSA) is 63.2 Å². The first-order valence-corrected chi connectivity index (χ1v) is 8.93. The maximum atomic E-state index is 12.3. The van der Waals surface area contributed by atoms with Crippen molar-refractivity contribution in [3.63, 3.8) is 0 Å². The third-order valence-electron chi connectivity index (χ3n) is 3.55. The predicted molar refractivity (Wildman–Crippen MR) is 109 cm³/mol. The molecule has 2 aromatic heterocycles. The number of amides is 1. The van der Waals surface area contributed by atoms with Crippen molar-refractivity contribution in [2.24, 2.45) is 0 Å². The number of hydrogen-bond donors (Lipinski definition) is 2. The number of fused-ring (bicyclic) bond motifs is 3. The number of aryl methyl sites for hydroxylation is 1. The van der Waals surface area contributed by atoms with E-state index in [4.69, 9.17) is 13.0 Å². The van der Waals surface area contributed by atoms with Crippen LogP contribution >= 0.6 is 11.3 Å². The van der Waals surface area contributed by atoms with Crippen LogP contribution in [0.4, 0.5) is 10.5 Å². The zero-order valence-electron chi connectivity index (χ0n) is 21.1. The molecule has 138 valence electrons. The van der Waals surface area contributed by atoms with Gasteiger partial charge in [0, 0.05) is 43.2 Å². The van der Waals surface area contributed by atoms with Crippen LogP contribution in [0.1, 0.15) is 40.7 Å². The number of rotatable bonds is 4. The number of benzene rings is 1. The maximum absolute atomic E-state index is 12.3. The summed E-state index contributed by atoms with van der Waals surface area (Å²) in [5.74, 6) is 0. The lowest BCUT2D eigenvalue weighted by atomic mass is 10.1. The van der Waals surface area contributed by atoms with Gasteiger partial charge in [-0.25, -0.2) is 4.79 Å². The van der Waals surface area contributed by atoms with E-state index in [0.717, 1.165) is 10.1 Å². The molecular weight excluding hydrogens is 346 g/mol. The summed E-state index contributed by atoms with van der Waals surface area (Å²) >= 11 is 1.40. The average molecular weight is 378 g/mol. The van der Waals surface area contributed by atoms with Crippen molar-refractivity contribution in [1.29, 1.82) is 0 Å². The number of nitrogens with one attached hydrogen (secondary N) is 2. The molecule has 0 aliphatic rings. The molecule has 0 radical (unpaired) electrons. The first kappa shape index (κ1) is 12.1. The largest absolute Gasteiger partial charge is 0.444 e. The molecule has 3 aromatic rings. The second kappa shape index (κ2) is 7.11. The number of thiophene rings is 1. The van der Waals surface area contributed by atoms with Gasteiger partial charge in [0.15, 0.2) is 0 Å². The van der Waals surface area contributed by atoms with Crippen molar-refractivity contribution in [3.05, 3.63) is 35.3 Å². The van der Waals surface area contributed by atoms with E-state index in [0.29, 0.717) is 21.5 Å². The van der Waals surface area contributed by atoms with Gasteiger partial charge in [0.25, 0.3) is 0 Å². The minimum Gasteiger partial charge on any atom is -0.444 e. The number of ether oxygens (including phenoxy) is 1. The van der Waals surface area contributed by atoms with E-state index in [-0.39, 0.29) is 0 Å². The van der Waals surface area contributed by atoms with Gasteiger partial charge >= 0.3 is 6.09 Å². The number of alkyl carbamates (subject to hydrolysis) is 1. The van der Waals surface area contributed by atoms with Gasteiger partial charge in [0.05, 0.1) is 15.3 Å². The van der Waals surface area contributed by atoms with E-state index in [9.17, 15) is 4.79 Å². The second-order valence-corrected chi connectivity index (χ2v) is 8.05. The standard InChI is InChI=1S/C20H25N3O2S/c1-12(23-19(24)25-20(3,4)5)11-22-18-13(2)26-16-9-8-15-14(17(16)18)7-6-10-21-15/h6-10,12,22H,11H2,1-5H3,(H,23,24)/i1D3,11D2,12D. The molecular formula is C20H25N3O2S. The fraction of sp³-hybridized carbons (Fsp3) is 0.400. The summed E-state index contributed by atoms with van der Waals surface area (Å²) in [6.07, 6.45) is 0.449. The molecule has 5 nitrogen and oxygen atoms in total. The molecule has 0 bridgehead atoms. The molecule has 0 aliphatic heterocycles. The van der Waals surface area contributed by atoms with Crippen LogP contribution < -0.4 is 10.6 Å². The van der Waals surface area contributed by atoms with Crippen LogP contribution in [0, 0.1) is 6.92 Å². The van der Waals surface area contributed by atoms with Crippen molar-refractivity contribution < 1.29 is 17.8 Å². The summed E-state index contributed by atoms with van der Waals surface area (Å²) in [6, 6.07) is 4.27. The third kappa shape index (κ3) is 4.07. The molecule has 0 saturated carbocycles. The molecule has 26 heavy (non-hydrogen) atoms. The van der Waals surface area contributed by atoms with E-state index < -0.39 is 31.1 Å². The van der Waals surface area contributed by atoms with E-state index in [2.05, 4.69) is 10.3 Å². The molecule has 1 amide bonds. The number of nitrogens with zero attached hydrogens (tertiary/aromatic N) is 1. The Bertz CT molecular complexity index is 1170. The smallest absolute Gasteiger partial charge is 0.407 e. The molecule has 0 fully saturated rings. The zero-order chi connectivity index (χ0) is 24.1. The Hall–Kier alpha value is -2.34. The maximum Gasteiger partial charge on any atom is 0.407 e. The summed E-state index contributed by atoms with van der Waals surface area (Å²) in [5, 5.41) is 5.99. The molecule has 2 heterocycles. The molecule has 1 unspecified atom stereocenters. The third-order valence-corrected chi connectivity index (χ3v) is 4.62. The molecule has 3 rings (SSSR count). The fourth-order valence-electron chi connectivity index (χ4n) is 2.58. The van der Waals surface area contributed by atoms with E-state index in [1.807, 2.05) is 23.5 Å². The predicted octanol–water partition coefficient (Wildman–Crippen LogP) is 5.08. The Kier molecular flexibility index (Phi) is 3.32. The van der Waals surface area contributed by atoms with Crippen LogP contribution in [0.25, 0.3) is 21.0 Å². The van der Waals surface area contributed by atoms with Crippen LogP contribution in [0.15, 0.2) is 30.5 Å². The SMILES string of the molecule is [2H]C([2H])([2H])C([2H])(NC(=O)OC(C)(C)C)C([2H])([2H])Nc1c(C)sc2ccc3ncccc3c12. The molecule has 1 atom stereocenters. The number of hydrogen-bond acceptors (Lipinski definition) is 5. The van der Waals surface area contributed by atoms with Gasteiger partial charge in [0.1, 0.15) is 5.60 Å². The highest BCUT2D eigenvalue weighted by molar-refractivity contribution is 7.19. The van der Waals surface area contributed by atoms with Crippen LogP contribution in [-0.4, -0.2) is 29.2 Å². The van der Waals surface area contributed by atoms with Crippen molar-refractivity contribution in [2.45, 2.75) is 46.2 Å². The van der Waals surface area contributed by atoms with Gasteiger partial charge in [-0.05, 0) is 52.7 Å². The van der Waals surface area contributed by atoms with Gasteiger partial charge in [-0.3, -0.25) is 4.98 Å². The Balaban J connectivity index is 2.09. The Morgan fingerprint density at radius 2 is 2.27 bits per heavy atom. The van der Waals surface area contributed by atoms with Gasteiger partial charge in [0.2, 0.25) is 0 Å². The number of carbonyl (C=O) groups excluding carboxylic acids is 1. The minimum atomic E-state index is -3.22. The summed E-state index contributed by atoms with van der Waals surface area (Å²) in [4.78, 5) is 17.3. The minimum absolute atomic E-state index is 0.348. The monoisotopic (exact) mass is 377 g/mol. The lowest BCUT2D eigenvalue weighted by Crippen LogP contribution is -2.40. The van der Waals surface area contributed by atoms with Crippen molar-refractivity contribution in [2.75, 3.05) is 11.8 Å². The molecule has 2 N–H and O–H groups in total.